The molecule has 0 aliphatic heterocycles. The number of hydrogen-bond donors (Lipinski definition) is 0. The van der Waals surface area contributed by atoms with Crippen molar-refractivity contribution in [3.8, 4) is 0 Å². The highest BCUT2D eigenvalue weighted by Gasteiger charge is 1.90. The molecule has 0 unspecified atom stereocenters. The van der Waals surface area contributed by atoms with Crippen LogP contribution in [0.2, 0.25) is 0 Å². The quantitative estimate of drug-likeness (QED) is 0.343. The van der Waals surface area contributed by atoms with Crippen LogP contribution in [0.1, 0.15) is 71.1 Å². The molecular formula is C14H28O. The summed E-state index contributed by atoms with van der Waals surface area (Å²) in [5.74, 6) is 0. The van der Waals surface area contributed by atoms with Crippen molar-refractivity contribution in [2.24, 2.45) is 0 Å². The third-order valence-electron chi connectivity index (χ3n) is 2.71. The van der Waals surface area contributed by atoms with Crippen LogP contribution in [-0.2, 0) is 4.74 Å². The molecule has 0 aromatic carbocycles. The van der Waals surface area contributed by atoms with Gasteiger partial charge in [0.25, 0.3) is 0 Å². The summed E-state index contributed by atoms with van der Waals surface area (Å²) in [5, 5.41) is 0. The molecular weight excluding hydrogens is 184 g/mol. The molecule has 1 heteroatoms. The van der Waals surface area contributed by atoms with E-state index in [9.17, 15) is 0 Å². The molecule has 15 heavy (non-hydrogen) atoms. The minimum atomic E-state index is 1.17. The summed E-state index contributed by atoms with van der Waals surface area (Å²) < 4.78 is 4.84. The smallest absolute Gasteiger partial charge is 0.0784 e. The fourth-order valence-corrected chi connectivity index (χ4v) is 1.74. The van der Waals surface area contributed by atoms with E-state index in [0.717, 1.165) is 0 Å². The molecule has 0 aliphatic rings. The second-order valence-electron chi connectivity index (χ2n) is 4.22. The van der Waals surface area contributed by atoms with Crippen molar-refractivity contribution in [2.45, 2.75) is 71.1 Å². The molecule has 0 N–H and O–H groups in total. The monoisotopic (exact) mass is 212 g/mol. The first-order valence-corrected chi connectivity index (χ1v) is 6.59. The third kappa shape index (κ3) is 13.5. The number of allylic oxidation sites excluding steroid dienone is 1. The Morgan fingerprint density at radius 1 is 0.800 bits per heavy atom. The summed E-state index contributed by atoms with van der Waals surface area (Å²) in [6.07, 6.45) is 17.7. The van der Waals surface area contributed by atoms with E-state index in [2.05, 4.69) is 13.0 Å². The SMILES string of the molecule is CCCCCCCCCCCC=COC. The van der Waals surface area contributed by atoms with Crippen LogP contribution in [0.5, 0.6) is 0 Å². The Hall–Kier alpha value is -0.460. The summed E-state index contributed by atoms with van der Waals surface area (Å²) in [4.78, 5) is 0. The Kier molecular flexibility index (Phi) is 13.1. The normalized spacial score (nSPS) is 11.1. The standard InChI is InChI=1S/C14H28O/c1-3-4-5-6-7-8-9-10-11-12-13-14-15-2/h13-14H,3-12H2,1-2H3. The maximum absolute atomic E-state index is 4.84. The first kappa shape index (κ1) is 14.5. The molecule has 0 saturated carbocycles. The van der Waals surface area contributed by atoms with E-state index in [0.29, 0.717) is 0 Å². The Morgan fingerprint density at radius 2 is 1.33 bits per heavy atom. The van der Waals surface area contributed by atoms with Gasteiger partial charge in [0.05, 0.1) is 13.4 Å². The predicted molar refractivity (Wildman–Crippen MR) is 68.0 cm³/mol. The first-order valence-electron chi connectivity index (χ1n) is 6.59. The number of hydrogen-bond acceptors (Lipinski definition) is 1. The second kappa shape index (κ2) is 13.5. The van der Waals surface area contributed by atoms with Gasteiger partial charge < -0.3 is 4.74 Å². The summed E-state index contributed by atoms with van der Waals surface area (Å²) in [5.41, 5.74) is 0. The lowest BCUT2D eigenvalue weighted by atomic mass is 10.1. The lowest BCUT2D eigenvalue weighted by Gasteiger charge is -2.00. The van der Waals surface area contributed by atoms with Gasteiger partial charge in [0, 0.05) is 0 Å². The number of unbranched alkanes of at least 4 members (excludes halogenated alkanes) is 9. The zero-order valence-electron chi connectivity index (χ0n) is 10.6. The van der Waals surface area contributed by atoms with Crippen molar-refractivity contribution in [3.63, 3.8) is 0 Å². The van der Waals surface area contributed by atoms with Gasteiger partial charge in [-0.1, -0.05) is 58.3 Å². The van der Waals surface area contributed by atoms with Gasteiger partial charge in [0.15, 0.2) is 0 Å². The molecule has 0 aromatic rings. The Bertz CT molecular complexity index is 129. The van der Waals surface area contributed by atoms with Crippen LogP contribution in [0.3, 0.4) is 0 Å². The van der Waals surface area contributed by atoms with Crippen LogP contribution in [-0.4, -0.2) is 7.11 Å². The highest BCUT2D eigenvalue weighted by molar-refractivity contribution is 4.72. The fourth-order valence-electron chi connectivity index (χ4n) is 1.74. The lowest BCUT2D eigenvalue weighted by Crippen LogP contribution is -1.80. The van der Waals surface area contributed by atoms with E-state index in [1.807, 2.05) is 0 Å². The van der Waals surface area contributed by atoms with Gasteiger partial charge in [0.1, 0.15) is 0 Å². The molecule has 0 aromatic heterocycles. The molecule has 0 spiro atoms. The minimum absolute atomic E-state index is 1.17. The van der Waals surface area contributed by atoms with E-state index >= 15 is 0 Å². The van der Waals surface area contributed by atoms with Gasteiger partial charge in [-0.3, -0.25) is 0 Å². The third-order valence-corrected chi connectivity index (χ3v) is 2.71. The average molecular weight is 212 g/mol. The van der Waals surface area contributed by atoms with Crippen LogP contribution < -0.4 is 0 Å². The van der Waals surface area contributed by atoms with Gasteiger partial charge in [-0.15, -0.1) is 0 Å². The van der Waals surface area contributed by atoms with E-state index < -0.39 is 0 Å². The van der Waals surface area contributed by atoms with Crippen LogP contribution in [0.25, 0.3) is 0 Å². The highest BCUT2D eigenvalue weighted by Crippen LogP contribution is 2.10. The number of rotatable bonds is 11. The van der Waals surface area contributed by atoms with Gasteiger partial charge in [-0.2, -0.15) is 0 Å². The zero-order valence-corrected chi connectivity index (χ0v) is 10.6. The zero-order chi connectivity index (χ0) is 11.2. The maximum atomic E-state index is 4.84. The summed E-state index contributed by atoms with van der Waals surface area (Å²) in [6.45, 7) is 2.27. The molecule has 0 rings (SSSR count). The fraction of sp³-hybridized carbons (Fsp3) is 0.857. The maximum Gasteiger partial charge on any atom is 0.0784 e. The van der Waals surface area contributed by atoms with Crippen molar-refractivity contribution >= 4 is 0 Å². The molecule has 0 aliphatic carbocycles. The Morgan fingerprint density at radius 3 is 1.87 bits per heavy atom. The molecule has 0 radical (unpaired) electrons. The summed E-state index contributed by atoms with van der Waals surface area (Å²) in [6, 6.07) is 0. The van der Waals surface area contributed by atoms with Gasteiger partial charge in [0.2, 0.25) is 0 Å². The number of methoxy groups -OCH3 is 1. The van der Waals surface area contributed by atoms with Crippen LogP contribution >= 0.6 is 0 Å². The molecule has 0 saturated heterocycles. The van der Waals surface area contributed by atoms with E-state index in [-0.39, 0.29) is 0 Å². The van der Waals surface area contributed by atoms with E-state index in [4.69, 9.17) is 4.74 Å². The Balaban J connectivity index is 2.89. The molecule has 0 heterocycles. The van der Waals surface area contributed by atoms with E-state index in [1.165, 1.54) is 64.2 Å². The molecule has 0 atom stereocenters. The largest absolute Gasteiger partial charge is 0.505 e. The number of ether oxygens (including phenoxy) is 1. The Labute approximate surface area is 95.9 Å². The summed E-state index contributed by atoms with van der Waals surface area (Å²) in [7, 11) is 1.70. The summed E-state index contributed by atoms with van der Waals surface area (Å²) >= 11 is 0. The second-order valence-corrected chi connectivity index (χ2v) is 4.22. The van der Waals surface area contributed by atoms with Crippen LogP contribution in [0.4, 0.5) is 0 Å². The average Bonchev–Trinajstić information content (AvgIpc) is 2.26. The van der Waals surface area contributed by atoms with Crippen LogP contribution in [0, 0.1) is 0 Å². The van der Waals surface area contributed by atoms with Gasteiger partial charge in [-0.25, -0.2) is 0 Å². The highest BCUT2D eigenvalue weighted by atomic mass is 16.5. The molecule has 1 nitrogen and oxygen atoms in total. The molecule has 0 fully saturated rings. The van der Waals surface area contributed by atoms with Gasteiger partial charge in [-0.05, 0) is 18.9 Å². The minimum Gasteiger partial charge on any atom is -0.505 e. The topological polar surface area (TPSA) is 9.23 Å². The van der Waals surface area contributed by atoms with Crippen molar-refractivity contribution in [2.75, 3.05) is 7.11 Å². The predicted octanol–water partition coefficient (Wildman–Crippen LogP) is 5.07. The molecule has 90 valence electrons. The molecule has 0 amide bonds. The van der Waals surface area contributed by atoms with Crippen molar-refractivity contribution in [1.29, 1.82) is 0 Å². The van der Waals surface area contributed by atoms with Crippen molar-refractivity contribution < 1.29 is 4.74 Å². The van der Waals surface area contributed by atoms with Gasteiger partial charge >= 0.3 is 0 Å². The van der Waals surface area contributed by atoms with E-state index in [1.54, 1.807) is 13.4 Å². The van der Waals surface area contributed by atoms with Crippen LogP contribution in [0.15, 0.2) is 12.3 Å². The first-order chi connectivity index (χ1) is 7.41. The van der Waals surface area contributed by atoms with Crippen molar-refractivity contribution in [3.05, 3.63) is 12.3 Å². The van der Waals surface area contributed by atoms with Crippen molar-refractivity contribution in [1.82, 2.24) is 0 Å². The molecule has 0 bridgehead atoms. The lowest BCUT2D eigenvalue weighted by molar-refractivity contribution is 0.336.